The van der Waals surface area contributed by atoms with E-state index in [0.29, 0.717) is 34.9 Å². The van der Waals surface area contributed by atoms with Crippen LogP contribution in [0.15, 0.2) is 401 Å². The maximum atomic E-state index is 5.09. The molecular weight excluding hydrogens is 1480 g/mol. The summed E-state index contributed by atoms with van der Waals surface area (Å²) in [6.45, 7) is 0. The highest BCUT2D eigenvalue weighted by Crippen LogP contribution is 2.44. The molecule has 0 saturated carbocycles. The summed E-state index contributed by atoms with van der Waals surface area (Å²) in [4.78, 5) is 50.5. The van der Waals surface area contributed by atoms with Crippen molar-refractivity contribution in [3.63, 3.8) is 0 Å². The molecule has 0 fully saturated rings. The van der Waals surface area contributed by atoms with Gasteiger partial charge in [0.05, 0.1) is 21.4 Å². The van der Waals surface area contributed by atoms with Crippen LogP contribution >= 0.6 is 22.7 Å². The van der Waals surface area contributed by atoms with E-state index in [1.165, 1.54) is 36.0 Å². The smallest absolute Gasteiger partial charge is 0.164 e. The number of benzene rings is 15. The second-order valence-corrected chi connectivity index (χ2v) is 31.1. The summed E-state index contributed by atoms with van der Waals surface area (Å²) in [6, 6.07) is 137. The van der Waals surface area contributed by atoms with Gasteiger partial charge in [-0.3, -0.25) is 0 Å². The van der Waals surface area contributed by atoms with Gasteiger partial charge in [0.2, 0.25) is 0 Å². The third-order valence-electron chi connectivity index (χ3n) is 21.6. The largest absolute Gasteiger partial charge is 0.243 e. The second kappa shape index (κ2) is 30.9. The monoisotopic (exact) mass is 1540 g/mol. The van der Waals surface area contributed by atoms with Crippen molar-refractivity contribution in [1.29, 1.82) is 0 Å². The molecule has 0 amide bonds. The Labute approximate surface area is 688 Å². The van der Waals surface area contributed by atoms with Gasteiger partial charge in [-0.2, -0.15) is 0 Å². The van der Waals surface area contributed by atoms with E-state index >= 15 is 0 Å². The molecule has 7 heterocycles. The fourth-order valence-corrected chi connectivity index (χ4v) is 17.7. The minimum absolute atomic E-state index is 0.631. The molecule has 22 aromatic rings. The van der Waals surface area contributed by atoms with E-state index in [2.05, 4.69) is 320 Å². The van der Waals surface area contributed by atoms with Crippen molar-refractivity contribution in [3.8, 4) is 157 Å². The Morgan fingerprint density at radius 2 is 0.492 bits per heavy atom. The summed E-state index contributed by atoms with van der Waals surface area (Å²) in [5, 5.41) is 4.72. The van der Waals surface area contributed by atoms with Crippen molar-refractivity contribution in [1.82, 2.24) is 49.8 Å². The van der Waals surface area contributed by atoms with Crippen LogP contribution in [0.3, 0.4) is 0 Å². The normalized spacial score (nSPS) is 11.4. The Morgan fingerprint density at radius 1 is 0.186 bits per heavy atom. The predicted octanol–water partition coefficient (Wildman–Crippen LogP) is 27.7. The first-order valence-electron chi connectivity index (χ1n) is 39.1. The summed E-state index contributed by atoms with van der Waals surface area (Å²) in [6.07, 6.45) is 1.82. The molecule has 118 heavy (non-hydrogen) atoms. The molecule has 0 aliphatic heterocycles. The van der Waals surface area contributed by atoms with Crippen molar-refractivity contribution in [2.75, 3.05) is 0 Å². The van der Waals surface area contributed by atoms with Crippen LogP contribution < -0.4 is 0 Å². The van der Waals surface area contributed by atoms with Crippen LogP contribution in [-0.4, -0.2) is 49.8 Å². The van der Waals surface area contributed by atoms with Crippen LogP contribution in [-0.2, 0) is 0 Å². The molecule has 0 N–H and O–H groups in total. The van der Waals surface area contributed by atoms with Crippen molar-refractivity contribution in [3.05, 3.63) is 401 Å². The van der Waals surface area contributed by atoms with E-state index in [1.54, 1.807) is 22.7 Å². The summed E-state index contributed by atoms with van der Waals surface area (Å²) in [5.41, 5.74) is 27.2. The summed E-state index contributed by atoms with van der Waals surface area (Å²) >= 11 is 3.49. The minimum atomic E-state index is 0.631. The summed E-state index contributed by atoms with van der Waals surface area (Å²) < 4.78 is 3.65. The zero-order valence-electron chi connectivity index (χ0n) is 63.4. The number of aromatic nitrogens is 10. The quantitative estimate of drug-likeness (QED) is 0.104. The molecule has 0 bridgehead atoms. The van der Waals surface area contributed by atoms with E-state index in [0.717, 1.165) is 149 Å². The van der Waals surface area contributed by atoms with E-state index in [4.69, 9.17) is 44.9 Å². The van der Waals surface area contributed by atoms with Gasteiger partial charge in [0.1, 0.15) is 10.3 Å². The molecular formula is C106H66N10S2. The van der Waals surface area contributed by atoms with Crippen molar-refractivity contribution in [2.24, 2.45) is 0 Å². The van der Waals surface area contributed by atoms with Gasteiger partial charge in [-0.1, -0.05) is 346 Å². The van der Waals surface area contributed by atoms with E-state index in [-0.39, 0.29) is 0 Å². The third kappa shape index (κ3) is 14.1. The Kier molecular flexibility index (Phi) is 18.4. The standard InChI is InChI=1S/2C53H33N5S/c1-3-11-34(12-4-1)35-22-28-40(29-23-35)51-56-50(39-13-5-2-6-14-39)57-52(58-51)41-30-24-37(25-31-41)43-16-9-15-42(33-43)36-20-26-38(27-21-36)48-49-47(44-17-7-8-19-46(44)59-49)45-18-10-32-54-53(45)55-48;1-3-10-34(11-4-1)35-22-26-40(27-23-35)51-56-50(39-12-5-2-6-13-39)57-52(58-51)41-28-24-37(25-29-41)43-15-9-14-42(32-43)36-18-20-38(21-19-36)44-30-31-46-47(33-44)54-49-45-16-7-8-17-48(45)59-53(49)55-46/h2*1-33H. The molecule has 22 rings (SSSR count). The van der Waals surface area contributed by atoms with Crippen LogP contribution in [0, 0.1) is 0 Å². The van der Waals surface area contributed by atoms with Gasteiger partial charge in [-0.15, -0.1) is 22.7 Å². The number of rotatable bonds is 14. The van der Waals surface area contributed by atoms with E-state index in [9.17, 15) is 0 Å². The van der Waals surface area contributed by atoms with Gasteiger partial charge >= 0.3 is 0 Å². The van der Waals surface area contributed by atoms with Crippen molar-refractivity contribution < 1.29 is 0 Å². The SMILES string of the molecule is c1ccc(-c2ccc(-c3nc(-c4ccccc4)nc(-c4ccc(-c5cccc(-c6ccc(-c7ccc8nc9sc%10ccccc%10c9nc8c7)cc6)c5)cc4)n3)cc2)cc1.c1ccc(-c2ccc(-c3nc(-c4ccccc4)nc(-c4ccc(-c5cccc(-c6ccc(-c7nc8ncccc8c8c7sc7ccccc78)cc6)c5)cc4)n3)cc2)cc1. The van der Waals surface area contributed by atoms with Crippen LogP contribution in [0.2, 0.25) is 0 Å². The lowest BCUT2D eigenvalue weighted by molar-refractivity contribution is 1.07. The predicted molar refractivity (Wildman–Crippen MR) is 488 cm³/mol. The lowest BCUT2D eigenvalue weighted by Crippen LogP contribution is -2.00. The highest BCUT2D eigenvalue weighted by molar-refractivity contribution is 7.26. The number of hydrogen-bond donors (Lipinski definition) is 0. The number of hydrogen-bond acceptors (Lipinski definition) is 12. The van der Waals surface area contributed by atoms with Crippen LogP contribution in [0.5, 0.6) is 0 Å². The molecule has 552 valence electrons. The molecule has 0 aliphatic carbocycles. The highest BCUT2D eigenvalue weighted by Gasteiger charge is 2.20. The molecule has 0 radical (unpaired) electrons. The topological polar surface area (TPSA) is 129 Å². The lowest BCUT2D eigenvalue weighted by atomic mass is 9.96. The zero-order chi connectivity index (χ0) is 78.2. The van der Waals surface area contributed by atoms with Gasteiger partial charge < -0.3 is 0 Å². The first-order valence-corrected chi connectivity index (χ1v) is 40.8. The minimum Gasteiger partial charge on any atom is -0.243 e. The maximum absolute atomic E-state index is 5.09. The molecule has 10 nitrogen and oxygen atoms in total. The Morgan fingerprint density at radius 3 is 0.915 bits per heavy atom. The van der Waals surface area contributed by atoms with E-state index < -0.39 is 0 Å². The van der Waals surface area contributed by atoms with Crippen molar-refractivity contribution in [2.45, 2.75) is 0 Å². The first-order chi connectivity index (χ1) is 58.4. The molecule has 0 unspecified atom stereocenters. The molecule has 7 aromatic heterocycles. The van der Waals surface area contributed by atoms with Gasteiger partial charge in [0.15, 0.2) is 40.6 Å². The van der Waals surface area contributed by atoms with Gasteiger partial charge in [0.25, 0.3) is 0 Å². The lowest BCUT2D eigenvalue weighted by Gasteiger charge is -2.10. The number of nitrogens with zero attached hydrogens (tertiary/aromatic N) is 10. The molecule has 0 aliphatic rings. The van der Waals surface area contributed by atoms with Gasteiger partial charge in [-0.05, 0) is 126 Å². The number of pyridine rings is 2. The molecule has 12 heteroatoms. The molecule has 0 saturated heterocycles. The third-order valence-corrected chi connectivity index (χ3v) is 23.9. The van der Waals surface area contributed by atoms with E-state index in [1.807, 2.05) is 85.1 Å². The molecule has 0 atom stereocenters. The Hall–Kier alpha value is -15.3. The van der Waals surface area contributed by atoms with Gasteiger partial charge in [-0.25, -0.2) is 49.8 Å². The highest BCUT2D eigenvalue weighted by atomic mass is 32.1. The molecule has 0 spiro atoms. The zero-order valence-corrected chi connectivity index (χ0v) is 65.0. The maximum Gasteiger partial charge on any atom is 0.164 e. The summed E-state index contributed by atoms with van der Waals surface area (Å²) in [7, 11) is 0. The average Bonchev–Trinajstić information content (AvgIpc) is 1.58. The van der Waals surface area contributed by atoms with Gasteiger partial charge in [0, 0.05) is 76.1 Å². The summed E-state index contributed by atoms with van der Waals surface area (Å²) in [5.74, 6) is 3.82. The fourth-order valence-electron chi connectivity index (χ4n) is 15.5. The van der Waals surface area contributed by atoms with Crippen LogP contribution in [0.1, 0.15) is 0 Å². The number of thiophene rings is 2. The fraction of sp³-hybridized carbons (Fsp3) is 0. The van der Waals surface area contributed by atoms with Crippen molar-refractivity contribution >= 4 is 85.3 Å². The average molecular weight is 1540 g/mol. The van der Waals surface area contributed by atoms with Crippen LogP contribution in [0.25, 0.3) is 220 Å². The molecule has 15 aromatic carbocycles. The Bertz CT molecular complexity index is 7480. The number of fused-ring (bicyclic) bond motifs is 9. The Balaban J connectivity index is 0.000000147. The van der Waals surface area contributed by atoms with Crippen LogP contribution in [0.4, 0.5) is 0 Å². The first kappa shape index (κ1) is 70.5. The second-order valence-electron chi connectivity index (χ2n) is 29.0.